The van der Waals surface area contributed by atoms with Gasteiger partial charge in [-0.1, -0.05) is 0 Å². The highest BCUT2D eigenvalue weighted by molar-refractivity contribution is 6.27. The largest absolute Gasteiger partial charge is 0.354 e. The first-order valence-electron chi connectivity index (χ1n) is 2.74. The van der Waals surface area contributed by atoms with Gasteiger partial charge in [0.15, 0.2) is 0 Å². The summed E-state index contributed by atoms with van der Waals surface area (Å²) < 4.78 is 0. The summed E-state index contributed by atoms with van der Waals surface area (Å²) in [6.07, 6.45) is 2.36. The summed E-state index contributed by atoms with van der Waals surface area (Å²) in [4.78, 5) is 17.5. The molecule has 0 aromatic heterocycles. The smallest absolute Gasteiger partial charge is 0.262 e. The van der Waals surface area contributed by atoms with Gasteiger partial charge in [0.25, 0.3) is 5.91 Å². The van der Waals surface area contributed by atoms with E-state index in [9.17, 15) is 4.79 Å². The van der Waals surface area contributed by atoms with E-state index in [1.54, 1.807) is 0 Å². The minimum absolute atomic E-state index is 0.186. The molecule has 3 N–H and O–H groups in total. The van der Waals surface area contributed by atoms with Gasteiger partial charge in [-0.05, 0) is 0 Å². The van der Waals surface area contributed by atoms with Crippen molar-refractivity contribution in [1.29, 1.82) is 0 Å². The van der Waals surface area contributed by atoms with E-state index < -0.39 is 0 Å². The first-order chi connectivity index (χ1) is 4.81. The minimum Gasteiger partial charge on any atom is -0.354 e. The van der Waals surface area contributed by atoms with Gasteiger partial charge < -0.3 is 11.1 Å². The number of rotatable bonds is 3. The lowest BCUT2D eigenvalue weighted by atomic mass is 10.7. The van der Waals surface area contributed by atoms with Gasteiger partial charge in [0, 0.05) is 7.05 Å². The van der Waals surface area contributed by atoms with Gasteiger partial charge in [-0.3, -0.25) is 9.79 Å². The van der Waals surface area contributed by atoms with Gasteiger partial charge in [-0.2, -0.15) is 0 Å². The fraction of sp³-hybridized carbons (Fsp3) is 0.400. The van der Waals surface area contributed by atoms with Gasteiger partial charge in [0.2, 0.25) is 0 Å². The first kappa shape index (κ1) is 8.77. The summed E-state index contributed by atoms with van der Waals surface area (Å²) in [5.74, 6) is -0.261. The van der Waals surface area contributed by atoms with E-state index in [0.29, 0.717) is 0 Å². The van der Waals surface area contributed by atoms with Crippen LogP contribution in [0.4, 0.5) is 0 Å². The molecule has 0 aromatic carbocycles. The zero-order valence-corrected chi connectivity index (χ0v) is 5.74. The second kappa shape index (κ2) is 5.90. The average Bonchev–Trinajstić information content (AvgIpc) is 1.98. The predicted octanol–water partition coefficient (Wildman–Crippen LogP) is -1.25. The van der Waals surface area contributed by atoms with E-state index in [4.69, 9.17) is 5.73 Å². The Bertz CT molecular complexity index is 152. The van der Waals surface area contributed by atoms with Crippen LogP contribution >= 0.6 is 0 Å². The first-order valence-corrected chi connectivity index (χ1v) is 2.74. The van der Waals surface area contributed by atoms with Crippen molar-refractivity contribution in [1.82, 2.24) is 5.32 Å². The topological polar surface area (TPSA) is 79.8 Å². The summed E-state index contributed by atoms with van der Waals surface area (Å²) >= 11 is 0. The van der Waals surface area contributed by atoms with Crippen LogP contribution in [-0.2, 0) is 4.79 Å². The van der Waals surface area contributed by atoms with Crippen molar-refractivity contribution in [2.45, 2.75) is 0 Å². The average molecular weight is 142 g/mol. The molecule has 0 radical (unpaired) electrons. The zero-order chi connectivity index (χ0) is 7.82. The number of hydrogen-bond donors (Lipinski definition) is 2. The molecule has 0 heterocycles. The normalized spacial score (nSPS) is 11.0. The van der Waals surface area contributed by atoms with E-state index in [1.165, 1.54) is 13.4 Å². The lowest BCUT2D eigenvalue weighted by Crippen LogP contribution is -2.18. The van der Waals surface area contributed by atoms with Crippen LogP contribution in [-0.4, -0.2) is 32.2 Å². The Hall–Kier alpha value is -1.23. The molecule has 0 spiro atoms. The maximum Gasteiger partial charge on any atom is 0.262 e. The molecule has 1 amide bonds. The van der Waals surface area contributed by atoms with Crippen LogP contribution in [0.2, 0.25) is 0 Å². The number of hydrogen-bond acceptors (Lipinski definition) is 3. The molecule has 0 aliphatic rings. The second-order valence-corrected chi connectivity index (χ2v) is 1.37. The van der Waals surface area contributed by atoms with Gasteiger partial charge in [0.1, 0.15) is 6.34 Å². The molecule has 0 aliphatic carbocycles. The molecule has 0 saturated heterocycles. The van der Waals surface area contributed by atoms with E-state index >= 15 is 0 Å². The second-order valence-electron chi connectivity index (χ2n) is 1.37. The van der Waals surface area contributed by atoms with Crippen LogP contribution in [0.25, 0.3) is 0 Å². The fourth-order valence-corrected chi connectivity index (χ4v) is 0.260. The highest BCUT2D eigenvalue weighted by Crippen LogP contribution is 1.60. The number of carbonyl (C=O) groups excluding carboxylic acids is 1. The third-order valence-electron chi connectivity index (χ3n) is 0.692. The lowest BCUT2D eigenvalue weighted by Gasteiger charge is -1.84. The molecule has 56 valence electrons. The van der Waals surface area contributed by atoms with Crippen molar-refractivity contribution in [3.05, 3.63) is 0 Å². The molecule has 10 heavy (non-hydrogen) atoms. The molecular weight excluding hydrogens is 132 g/mol. The van der Waals surface area contributed by atoms with E-state index in [-0.39, 0.29) is 12.6 Å². The van der Waals surface area contributed by atoms with Crippen LogP contribution < -0.4 is 11.1 Å². The maximum absolute atomic E-state index is 10.4. The van der Waals surface area contributed by atoms with Crippen LogP contribution in [0, 0.1) is 0 Å². The van der Waals surface area contributed by atoms with Crippen LogP contribution in [0.3, 0.4) is 0 Å². The molecule has 0 saturated carbocycles. The molecule has 5 heteroatoms. The third-order valence-corrected chi connectivity index (χ3v) is 0.692. The quantitative estimate of drug-likeness (QED) is 0.381. The van der Waals surface area contributed by atoms with E-state index in [1.807, 2.05) is 0 Å². The number of carbonyl (C=O) groups is 1. The van der Waals surface area contributed by atoms with Crippen molar-refractivity contribution < 1.29 is 4.79 Å². The van der Waals surface area contributed by atoms with Crippen molar-refractivity contribution in [3.63, 3.8) is 0 Å². The number of nitrogens with one attached hydrogen (secondary N) is 1. The van der Waals surface area contributed by atoms with E-state index in [2.05, 4.69) is 15.3 Å². The van der Waals surface area contributed by atoms with Crippen molar-refractivity contribution >= 4 is 18.5 Å². The molecule has 0 aromatic rings. The molecule has 0 atom stereocenters. The highest BCUT2D eigenvalue weighted by atomic mass is 16.1. The molecule has 0 bridgehead atoms. The number of nitrogens with zero attached hydrogens (tertiary/aromatic N) is 2. The van der Waals surface area contributed by atoms with Crippen LogP contribution in [0.5, 0.6) is 0 Å². The minimum atomic E-state index is -0.261. The van der Waals surface area contributed by atoms with Gasteiger partial charge in [-0.25, -0.2) is 4.99 Å². The van der Waals surface area contributed by atoms with Gasteiger partial charge in [0.05, 0.1) is 12.9 Å². The maximum atomic E-state index is 10.4. The van der Waals surface area contributed by atoms with Crippen molar-refractivity contribution in [2.24, 2.45) is 15.7 Å². The molecule has 0 fully saturated rings. The Balaban J connectivity index is 3.55. The SMILES string of the molecule is CNC(=O)/C=N/C=N\CN. The summed E-state index contributed by atoms with van der Waals surface area (Å²) in [7, 11) is 1.52. The molecule has 5 nitrogen and oxygen atoms in total. The number of amides is 1. The Labute approximate surface area is 59.0 Å². The standard InChI is InChI=1S/C5H10N4O/c1-7-5(10)2-8-4-9-3-6/h2,4H,3,6H2,1H3,(H,7,10)/b8-2+,9-4-. The predicted molar refractivity (Wildman–Crippen MR) is 40.1 cm³/mol. The monoisotopic (exact) mass is 142 g/mol. The molecule has 0 rings (SSSR count). The highest BCUT2D eigenvalue weighted by Gasteiger charge is 1.84. The van der Waals surface area contributed by atoms with Crippen LogP contribution in [0.15, 0.2) is 9.98 Å². The molecule has 0 unspecified atom stereocenters. The Kier molecular flexibility index (Phi) is 5.17. The fourth-order valence-electron chi connectivity index (χ4n) is 0.260. The van der Waals surface area contributed by atoms with Gasteiger partial charge >= 0.3 is 0 Å². The number of nitrogens with two attached hydrogens (primary N) is 1. The van der Waals surface area contributed by atoms with Crippen LogP contribution in [0.1, 0.15) is 0 Å². The van der Waals surface area contributed by atoms with Crippen molar-refractivity contribution in [3.8, 4) is 0 Å². The third kappa shape index (κ3) is 4.92. The van der Waals surface area contributed by atoms with Crippen molar-refractivity contribution in [2.75, 3.05) is 13.7 Å². The summed E-state index contributed by atoms with van der Waals surface area (Å²) in [6, 6.07) is 0. The zero-order valence-electron chi connectivity index (χ0n) is 5.74. The Morgan fingerprint density at radius 3 is 3.00 bits per heavy atom. The Morgan fingerprint density at radius 2 is 2.50 bits per heavy atom. The number of aliphatic imine (C=N–C) groups is 2. The summed E-state index contributed by atoms with van der Waals surface area (Å²) in [5, 5.41) is 2.36. The Morgan fingerprint density at radius 1 is 1.80 bits per heavy atom. The lowest BCUT2D eigenvalue weighted by molar-refractivity contribution is -0.113. The summed E-state index contributed by atoms with van der Waals surface area (Å²) in [5.41, 5.74) is 5.01. The van der Waals surface area contributed by atoms with E-state index in [0.717, 1.165) is 6.21 Å². The summed E-state index contributed by atoms with van der Waals surface area (Å²) in [6.45, 7) is 0.186. The molecule has 0 aliphatic heterocycles. The van der Waals surface area contributed by atoms with Gasteiger partial charge in [-0.15, -0.1) is 0 Å². The molecular formula is C5H10N4O.